The quantitative estimate of drug-likeness (QED) is 0.492. The molecule has 3 aliphatic rings. The summed E-state index contributed by atoms with van der Waals surface area (Å²) < 4.78 is 11.4. The van der Waals surface area contributed by atoms with E-state index in [-0.39, 0.29) is 18.9 Å². The highest BCUT2D eigenvalue weighted by atomic mass is 16.6. The molecule has 5 atom stereocenters. The third kappa shape index (κ3) is 7.07. The highest BCUT2D eigenvalue weighted by Gasteiger charge is 2.61. The van der Waals surface area contributed by atoms with Gasteiger partial charge in [0.25, 0.3) is 0 Å². The summed E-state index contributed by atoms with van der Waals surface area (Å²) in [5, 5.41) is 15.4. The number of carbonyl (C=O) groups excluding carboxylic acids is 3. The summed E-state index contributed by atoms with van der Waals surface area (Å²) in [6, 6.07) is 3.33. The number of carboxylic acid groups (broad SMARTS) is 1. The molecule has 3 heterocycles. The average molecular weight is 543 g/mol. The lowest BCUT2D eigenvalue weighted by atomic mass is 10.0. The summed E-state index contributed by atoms with van der Waals surface area (Å²) in [6.45, 7) is 5.30. The predicted molar refractivity (Wildman–Crippen MR) is 141 cm³/mol. The van der Waals surface area contributed by atoms with Crippen LogP contribution < -0.4 is 15.4 Å². The minimum atomic E-state index is -1.39. The van der Waals surface area contributed by atoms with Crippen molar-refractivity contribution in [2.24, 2.45) is 5.92 Å². The maximum Gasteiger partial charge on any atom is 0.408 e. The van der Waals surface area contributed by atoms with Gasteiger partial charge in [0.2, 0.25) is 17.7 Å². The summed E-state index contributed by atoms with van der Waals surface area (Å²) in [6.07, 6.45) is 8.10. The number of alkyl carbamates (subject to hydrolysis) is 1. The Morgan fingerprint density at radius 3 is 2.69 bits per heavy atom. The number of carboxylic acids is 1. The molecule has 39 heavy (non-hydrogen) atoms. The third-order valence-electron chi connectivity index (χ3n) is 7.24. The zero-order valence-corrected chi connectivity index (χ0v) is 22.7. The first kappa shape index (κ1) is 28.4. The summed E-state index contributed by atoms with van der Waals surface area (Å²) in [4.78, 5) is 57.8. The maximum atomic E-state index is 13.9. The molecule has 11 nitrogen and oxygen atoms in total. The molecule has 0 bridgehead atoms. The first-order valence-electron chi connectivity index (χ1n) is 13.6. The first-order valence-corrected chi connectivity index (χ1v) is 13.6. The molecular formula is C28H38N4O7. The number of rotatable bonds is 4. The SMILES string of the molecule is CC(C)(C)OC(=O)NC1CCCCC/C=C\C2CC2(C(=O)O)NC(=O)C2CC(Oc3ccccn3)CN2C1=O. The zero-order valence-electron chi connectivity index (χ0n) is 22.7. The second kappa shape index (κ2) is 11.6. The number of pyridine rings is 1. The minimum Gasteiger partial charge on any atom is -0.479 e. The van der Waals surface area contributed by atoms with Crippen LogP contribution in [0.25, 0.3) is 0 Å². The van der Waals surface area contributed by atoms with Crippen LogP contribution in [0.1, 0.15) is 65.7 Å². The Bertz CT molecular complexity index is 1100. The number of ether oxygens (including phenoxy) is 2. The van der Waals surface area contributed by atoms with Crippen LogP contribution in [0, 0.1) is 5.92 Å². The monoisotopic (exact) mass is 542 g/mol. The Morgan fingerprint density at radius 1 is 1.21 bits per heavy atom. The van der Waals surface area contributed by atoms with Crippen molar-refractivity contribution in [2.75, 3.05) is 6.54 Å². The molecule has 3 amide bonds. The molecular weight excluding hydrogens is 504 g/mol. The van der Waals surface area contributed by atoms with Crippen LogP contribution in [-0.2, 0) is 19.1 Å². The first-order chi connectivity index (χ1) is 18.5. The van der Waals surface area contributed by atoms with Gasteiger partial charge in [-0.15, -0.1) is 0 Å². The number of nitrogens with one attached hydrogen (secondary N) is 2. The Hall–Kier alpha value is -3.63. The number of nitrogens with zero attached hydrogens (tertiary/aromatic N) is 2. The minimum absolute atomic E-state index is 0.0867. The topological polar surface area (TPSA) is 147 Å². The number of carbonyl (C=O) groups is 4. The molecule has 4 rings (SSSR count). The molecule has 3 N–H and O–H groups in total. The molecule has 5 unspecified atom stereocenters. The smallest absolute Gasteiger partial charge is 0.408 e. The van der Waals surface area contributed by atoms with Gasteiger partial charge in [-0.1, -0.05) is 31.1 Å². The van der Waals surface area contributed by atoms with Crippen molar-refractivity contribution in [3.63, 3.8) is 0 Å². The van der Waals surface area contributed by atoms with E-state index in [0.717, 1.165) is 19.3 Å². The molecule has 1 aromatic rings. The van der Waals surface area contributed by atoms with Gasteiger partial charge in [-0.3, -0.25) is 9.59 Å². The van der Waals surface area contributed by atoms with Crippen LogP contribution in [0.15, 0.2) is 36.5 Å². The normalized spacial score (nSPS) is 30.5. The van der Waals surface area contributed by atoms with Gasteiger partial charge in [0, 0.05) is 24.6 Å². The van der Waals surface area contributed by atoms with Crippen LogP contribution in [0.5, 0.6) is 5.88 Å². The fraction of sp³-hybridized carbons (Fsp3) is 0.607. The van der Waals surface area contributed by atoms with Crippen LogP contribution in [0.4, 0.5) is 4.79 Å². The van der Waals surface area contributed by atoms with E-state index in [2.05, 4.69) is 15.6 Å². The Kier molecular flexibility index (Phi) is 8.46. The summed E-state index contributed by atoms with van der Waals surface area (Å²) in [5.74, 6) is -2.04. The Balaban J connectivity index is 1.60. The van der Waals surface area contributed by atoms with Crippen molar-refractivity contribution in [3.05, 3.63) is 36.5 Å². The predicted octanol–water partition coefficient (Wildman–Crippen LogP) is 2.80. The van der Waals surface area contributed by atoms with Crippen LogP contribution >= 0.6 is 0 Å². The summed E-state index contributed by atoms with van der Waals surface area (Å²) >= 11 is 0. The van der Waals surface area contributed by atoms with E-state index in [0.29, 0.717) is 25.1 Å². The highest BCUT2D eigenvalue weighted by Crippen LogP contribution is 2.45. The summed E-state index contributed by atoms with van der Waals surface area (Å²) in [5.41, 5.74) is -2.14. The van der Waals surface area contributed by atoms with Crippen molar-refractivity contribution in [1.82, 2.24) is 20.5 Å². The van der Waals surface area contributed by atoms with E-state index in [1.54, 1.807) is 45.2 Å². The number of allylic oxidation sites excluding steroid dienone is 1. The van der Waals surface area contributed by atoms with Crippen molar-refractivity contribution >= 4 is 23.9 Å². The van der Waals surface area contributed by atoms with Gasteiger partial charge in [-0.25, -0.2) is 14.6 Å². The zero-order chi connectivity index (χ0) is 28.2. The number of fused-ring (bicyclic) bond motifs is 2. The maximum absolute atomic E-state index is 13.9. The number of aliphatic carboxylic acids is 1. The average Bonchev–Trinajstić information content (AvgIpc) is 3.39. The van der Waals surface area contributed by atoms with Gasteiger partial charge in [0.1, 0.15) is 29.3 Å². The summed E-state index contributed by atoms with van der Waals surface area (Å²) in [7, 11) is 0. The molecule has 0 aromatic carbocycles. The molecule has 0 radical (unpaired) electrons. The Labute approximate surface area is 228 Å². The second-order valence-corrected chi connectivity index (χ2v) is 11.5. The third-order valence-corrected chi connectivity index (χ3v) is 7.24. The molecule has 1 aromatic heterocycles. The second-order valence-electron chi connectivity index (χ2n) is 11.5. The molecule has 2 fully saturated rings. The van der Waals surface area contributed by atoms with Crippen molar-refractivity contribution in [2.45, 2.75) is 95.0 Å². The van der Waals surface area contributed by atoms with E-state index in [9.17, 15) is 24.3 Å². The highest BCUT2D eigenvalue weighted by molar-refractivity contribution is 5.96. The lowest BCUT2D eigenvalue weighted by Gasteiger charge is -2.30. The van der Waals surface area contributed by atoms with Gasteiger partial charge in [0.05, 0.1) is 6.54 Å². The van der Waals surface area contributed by atoms with Crippen LogP contribution in [0.3, 0.4) is 0 Å². The van der Waals surface area contributed by atoms with Crippen LogP contribution in [-0.4, -0.2) is 74.7 Å². The van der Waals surface area contributed by atoms with Crippen molar-refractivity contribution < 1.29 is 33.8 Å². The molecule has 2 aliphatic heterocycles. The standard InChI is InChI=1S/C28H38N4O7/c1-27(2,3)39-26(37)30-20-12-8-6-4-5-7-11-18-16-28(18,25(35)36)31-23(33)21-15-19(17-32(21)24(20)34)38-22-13-9-10-14-29-22/h7,9-11,13-14,18-21H,4-6,8,12,15-17H2,1-3H3,(H,30,37)(H,31,33)(H,35,36)/b11-7-. The Morgan fingerprint density at radius 2 is 2.00 bits per heavy atom. The van der Waals surface area contributed by atoms with Gasteiger partial charge in [0.15, 0.2) is 0 Å². The van der Waals surface area contributed by atoms with E-state index >= 15 is 0 Å². The lowest BCUT2D eigenvalue weighted by molar-refractivity contribution is -0.145. The molecule has 11 heteroatoms. The largest absolute Gasteiger partial charge is 0.479 e. The molecule has 212 valence electrons. The molecule has 1 saturated carbocycles. The van der Waals surface area contributed by atoms with Crippen molar-refractivity contribution in [1.29, 1.82) is 0 Å². The number of hydrogen-bond acceptors (Lipinski definition) is 7. The van der Waals surface area contributed by atoms with Crippen LogP contribution in [0.2, 0.25) is 0 Å². The van der Waals surface area contributed by atoms with E-state index in [1.807, 2.05) is 12.2 Å². The number of hydrogen-bond donors (Lipinski definition) is 3. The van der Waals surface area contributed by atoms with E-state index in [1.165, 1.54) is 4.90 Å². The number of aromatic nitrogens is 1. The fourth-order valence-electron chi connectivity index (χ4n) is 5.18. The molecule has 0 spiro atoms. The van der Waals surface area contributed by atoms with Gasteiger partial charge in [-0.2, -0.15) is 0 Å². The fourth-order valence-corrected chi connectivity index (χ4v) is 5.18. The molecule has 1 aliphatic carbocycles. The van der Waals surface area contributed by atoms with Gasteiger partial charge >= 0.3 is 12.1 Å². The van der Waals surface area contributed by atoms with Crippen molar-refractivity contribution in [3.8, 4) is 5.88 Å². The lowest BCUT2D eigenvalue weighted by Crippen LogP contribution is -2.56. The number of amides is 3. The molecule has 1 saturated heterocycles. The van der Waals surface area contributed by atoms with Gasteiger partial charge < -0.3 is 30.1 Å². The van der Waals surface area contributed by atoms with Gasteiger partial charge in [-0.05, 0) is 52.5 Å². The van der Waals surface area contributed by atoms with E-state index in [4.69, 9.17) is 9.47 Å². The van der Waals surface area contributed by atoms with E-state index < -0.39 is 53.2 Å².